The van der Waals surface area contributed by atoms with E-state index in [4.69, 9.17) is 9.60 Å². The first kappa shape index (κ1) is 12.8. The second-order valence-electron chi connectivity index (χ2n) is 8.35. The van der Waals surface area contributed by atoms with Crippen LogP contribution < -0.4 is 14.9 Å². The van der Waals surface area contributed by atoms with Gasteiger partial charge >= 0.3 is 0 Å². The molecule has 4 rings (SSSR count). The molecule has 0 saturated heterocycles. The van der Waals surface area contributed by atoms with E-state index in [1.54, 1.807) is 13.0 Å². The maximum absolute atomic E-state index is 9.85. The number of hydrogen-bond acceptors (Lipinski definition) is 1. The molecular formula is C26H29N2Si+. The highest BCUT2D eigenvalue weighted by atomic mass is 28.3. The molecule has 3 aromatic rings. The summed E-state index contributed by atoms with van der Waals surface area (Å²) in [5.41, 5.74) is 5.88. The lowest BCUT2D eigenvalue weighted by molar-refractivity contribution is -0.666. The Bertz CT molecular complexity index is 1430. The van der Waals surface area contributed by atoms with Crippen molar-refractivity contribution in [2.24, 2.45) is 7.05 Å². The average molecular weight is 405 g/mol. The molecule has 1 aliphatic heterocycles. The van der Waals surface area contributed by atoms with Gasteiger partial charge in [0.1, 0.15) is 15.1 Å². The molecule has 1 aliphatic rings. The minimum absolute atomic E-state index is 0.0576. The second kappa shape index (κ2) is 6.68. The number of rotatable bonds is 2. The molecular weight excluding hydrogens is 368 g/mol. The lowest BCUT2D eigenvalue weighted by atomic mass is 9.94. The van der Waals surface area contributed by atoms with Gasteiger partial charge < -0.3 is 0 Å². The molecule has 0 amide bonds. The van der Waals surface area contributed by atoms with Gasteiger partial charge in [0, 0.05) is 34.2 Å². The van der Waals surface area contributed by atoms with Crippen molar-refractivity contribution in [2.45, 2.75) is 46.5 Å². The molecule has 146 valence electrons. The molecule has 29 heavy (non-hydrogen) atoms. The minimum Gasteiger partial charge on any atom is -0.199 e. The predicted molar refractivity (Wildman–Crippen MR) is 124 cm³/mol. The van der Waals surface area contributed by atoms with Gasteiger partial charge in [0.25, 0.3) is 0 Å². The van der Waals surface area contributed by atoms with E-state index < -0.39 is 27.7 Å². The first-order chi connectivity index (χ1) is 16.5. The summed E-state index contributed by atoms with van der Waals surface area (Å²) >= 11 is 0. The molecule has 3 heteroatoms. The van der Waals surface area contributed by atoms with Crippen molar-refractivity contribution in [3.8, 4) is 28.5 Å². The molecule has 0 atom stereocenters. The summed E-state index contributed by atoms with van der Waals surface area (Å²) in [4.78, 5) is 0. The lowest BCUT2D eigenvalue weighted by Crippen LogP contribution is -2.52. The van der Waals surface area contributed by atoms with Gasteiger partial charge in [-0.25, -0.2) is 0 Å². The summed E-state index contributed by atoms with van der Waals surface area (Å²) in [6.07, 6.45) is 0. The average Bonchev–Trinajstić information content (AvgIpc) is 3.01. The Morgan fingerprint density at radius 2 is 1.79 bits per heavy atom. The van der Waals surface area contributed by atoms with Crippen molar-refractivity contribution in [1.82, 2.24) is 0 Å². The van der Waals surface area contributed by atoms with E-state index in [0.717, 1.165) is 32.6 Å². The quantitative estimate of drug-likeness (QED) is 0.453. The summed E-state index contributed by atoms with van der Waals surface area (Å²) in [7, 11) is -0.525. The fraction of sp³-hybridized carbons (Fsp3) is 0.308. The molecule has 0 N–H and O–H groups in total. The van der Waals surface area contributed by atoms with Crippen molar-refractivity contribution >= 4 is 18.4 Å². The standard InChI is InChI=1S/C26H29N2Si/c1-16(2)20-13-18(4)28(5)23(14-20)24-17(3)11-12-22-21-10-8-9-19(15-27)25(21)29(6,7)26(22)24/h8-14,16H,1-7H3/q+1/i1D3,2D3,16D. The van der Waals surface area contributed by atoms with Crippen LogP contribution in [-0.2, 0) is 7.05 Å². The molecule has 0 radical (unpaired) electrons. The molecule has 0 unspecified atom stereocenters. The number of fused-ring (bicyclic) bond motifs is 3. The van der Waals surface area contributed by atoms with Crippen LogP contribution in [0.25, 0.3) is 22.4 Å². The van der Waals surface area contributed by atoms with Crippen LogP contribution in [-0.4, -0.2) is 8.07 Å². The highest BCUT2D eigenvalue weighted by Crippen LogP contribution is 2.35. The highest BCUT2D eigenvalue weighted by Gasteiger charge is 2.43. The summed E-state index contributed by atoms with van der Waals surface area (Å²) in [6.45, 7) is 2.05. The fourth-order valence-electron chi connectivity index (χ4n) is 4.76. The summed E-state index contributed by atoms with van der Waals surface area (Å²) in [5.74, 6) is -2.79. The Kier molecular flexibility index (Phi) is 2.94. The second-order valence-corrected chi connectivity index (χ2v) is 12.6. The van der Waals surface area contributed by atoms with Crippen LogP contribution in [0.3, 0.4) is 0 Å². The third kappa shape index (κ3) is 2.78. The van der Waals surface area contributed by atoms with Crippen molar-refractivity contribution in [3.63, 3.8) is 0 Å². The van der Waals surface area contributed by atoms with Crippen molar-refractivity contribution in [1.29, 1.82) is 5.26 Å². The number of hydrogen-bond donors (Lipinski definition) is 0. The Labute approximate surface area is 185 Å². The zero-order valence-corrected chi connectivity index (χ0v) is 18.4. The maximum atomic E-state index is 9.85. The highest BCUT2D eigenvalue weighted by molar-refractivity contribution is 7.05. The number of aromatic nitrogens is 1. The van der Waals surface area contributed by atoms with Crippen molar-refractivity contribution in [3.05, 3.63) is 64.8 Å². The van der Waals surface area contributed by atoms with Crippen LogP contribution in [0.5, 0.6) is 0 Å². The molecule has 0 spiro atoms. The molecule has 2 aromatic carbocycles. The number of pyridine rings is 1. The molecule has 0 bridgehead atoms. The topological polar surface area (TPSA) is 27.7 Å². The van der Waals surface area contributed by atoms with E-state index >= 15 is 0 Å². The lowest BCUT2D eigenvalue weighted by Gasteiger charge is -2.23. The fourth-order valence-corrected chi connectivity index (χ4v) is 8.56. The molecule has 2 heterocycles. The van der Waals surface area contributed by atoms with Gasteiger partial charge in [0.2, 0.25) is 5.69 Å². The minimum atomic E-state index is -3.07. The summed E-state index contributed by atoms with van der Waals surface area (Å²) in [6, 6.07) is 15.3. The summed E-state index contributed by atoms with van der Waals surface area (Å²) in [5, 5.41) is 12.1. The molecule has 0 aliphatic carbocycles. The Balaban J connectivity index is 2.11. The predicted octanol–water partition coefficient (Wildman–Crippen LogP) is 4.59. The molecule has 1 aromatic heterocycles. The number of aryl methyl sites for hydroxylation is 2. The third-order valence-electron chi connectivity index (χ3n) is 6.23. The van der Waals surface area contributed by atoms with Crippen molar-refractivity contribution < 1.29 is 14.2 Å². The van der Waals surface area contributed by atoms with Gasteiger partial charge in [0.05, 0.1) is 11.6 Å². The van der Waals surface area contributed by atoms with Gasteiger partial charge in [-0.05, 0) is 51.5 Å². The van der Waals surface area contributed by atoms with Crippen LogP contribution in [0.4, 0.5) is 0 Å². The van der Waals surface area contributed by atoms with Crippen LogP contribution in [0.2, 0.25) is 13.1 Å². The van der Waals surface area contributed by atoms with E-state index in [0.29, 0.717) is 17.0 Å². The molecule has 0 fully saturated rings. The van der Waals surface area contributed by atoms with E-state index in [-0.39, 0.29) is 5.56 Å². The Hall–Kier alpha value is -2.70. The Morgan fingerprint density at radius 3 is 2.48 bits per heavy atom. The zero-order chi connectivity index (χ0) is 27.0. The third-order valence-corrected chi connectivity index (χ3v) is 9.79. The number of nitriles is 1. The van der Waals surface area contributed by atoms with Crippen molar-refractivity contribution in [2.75, 3.05) is 0 Å². The molecule has 0 saturated carbocycles. The van der Waals surface area contributed by atoms with Gasteiger partial charge in [-0.1, -0.05) is 51.1 Å². The largest absolute Gasteiger partial charge is 0.212 e. The van der Waals surface area contributed by atoms with Crippen LogP contribution >= 0.6 is 0 Å². The van der Waals surface area contributed by atoms with Crippen LogP contribution in [0, 0.1) is 25.2 Å². The normalized spacial score (nSPS) is 18.7. The SMILES string of the molecule is [2H]C([2H])([2H])C([2H])(c1cc(C)[n+](C)c(-c2c(C)ccc3c2[Si](C)(C)c2c(C#N)cccc2-3)c1)C([2H])([2H])[2H]. The van der Waals surface area contributed by atoms with Gasteiger partial charge in [-0.2, -0.15) is 9.83 Å². The van der Waals surface area contributed by atoms with E-state index in [9.17, 15) is 5.26 Å². The smallest absolute Gasteiger partial charge is 0.199 e. The number of nitrogens with zero attached hydrogens (tertiary/aromatic N) is 2. The first-order valence-corrected chi connectivity index (χ1v) is 12.7. The first-order valence-electron chi connectivity index (χ1n) is 13.2. The van der Waals surface area contributed by atoms with Crippen LogP contribution in [0.1, 0.15) is 51.6 Å². The monoisotopic (exact) mass is 404 g/mol. The van der Waals surface area contributed by atoms with E-state index in [1.165, 1.54) is 6.07 Å². The van der Waals surface area contributed by atoms with Gasteiger partial charge in [0.15, 0.2) is 5.69 Å². The van der Waals surface area contributed by atoms with Gasteiger partial charge in [-0.15, -0.1) is 0 Å². The maximum Gasteiger partial charge on any atom is 0.212 e. The summed E-state index contributed by atoms with van der Waals surface area (Å²) < 4.78 is 58.7. The number of benzene rings is 2. The zero-order valence-electron chi connectivity index (χ0n) is 24.4. The van der Waals surface area contributed by atoms with Crippen LogP contribution in [0.15, 0.2) is 42.5 Å². The van der Waals surface area contributed by atoms with Gasteiger partial charge in [-0.3, -0.25) is 0 Å². The molecule has 2 nitrogen and oxygen atoms in total. The van der Waals surface area contributed by atoms with E-state index in [2.05, 4.69) is 25.2 Å². The Morgan fingerprint density at radius 1 is 1.07 bits per heavy atom. The van der Waals surface area contributed by atoms with E-state index in [1.807, 2.05) is 42.8 Å².